The summed E-state index contributed by atoms with van der Waals surface area (Å²) in [4.78, 5) is 30.7. The second-order valence-electron chi connectivity index (χ2n) is 7.07. The highest BCUT2D eigenvalue weighted by atomic mass is 19.4. The highest BCUT2D eigenvalue weighted by molar-refractivity contribution is 5.96. The van der Waals surface area contributed by atoms with Gasteiger partial charge in [-0.05, 0) is 35.6 Å². The Labute approximate surface area is 159 Å². The number of carbonyl (C=O) groups is 2. The highest BCUT2D eigenvalue weighted by Crippen LogP contribution is 2.25. The number of amides is 2. The summed E-state index contributed by atoms with van der Waals surface area (Å²) in [6.07, 6.45) is -2.51. The zero-order valence-electron chi connectivity index (χ0n) is 15.0. The van der Waals surface area contributed by atoms with Gasteiger partial charge in [-0.1, -0.05) is 24.3 Å². The molecule has 0 radical (unpaired) electrons. The zero-order chi connectivity index (χ0) is 19.9. The van der Waals surface area contributed by atoms with Crippen molar-refractivity contribution in [3.05, 3.63) is 64.5 Å². The van der Waals surface area contributed by atoms with Gasteiger partial charge >= 0.3 is 12.1 Å². The summed E-state index contributed by atoms with van der Waals surface area (Å²) in [6.45, 7) is 0.990. The Kier molecular flexibility index (Phi) is 4.56. The zero-order valence-corrected chi connectivity index (χ0v) is 15.0. The van der Waals surface area contributed by atoms with Gasteiger partial charge in [0.1, 0.15) is 5.69 Å². The van der Waals surface area contributed by atoms with Crippen molar-refractivity contribution in [3.8, 4) is 0 Å². The molecule has 0 atom stereocenters. The summed E-state index contributed by atoms with van der Waals surface area (Å²) in [5, 5.41) is 0. The van der Waals surface area contributed by atoms with E-state index in [2.05, 4.69) is 4.98 Å². The number of pyridine rings is 1. The third kappa shape index (κ3) is 3.46. The van der Waals surface area contributed by atoms with Crippen molar-refractivity contribution in [3.63, 3.8) is 0 Å². The van der Waals surface area contributed by atoms with Crippen molar-refractivity contribution in [2.24, 2.45) is 0 Å². The van der Waals surface area contributed by atoms with E-state index in [-0.39, 0.29) is 19.0 Å². The van der Waals surface area contributed by atoms with Crippen LogP contribution in [0.3, 0.4) is 0 Å². The third-order valence-corrected chi connectivity index (χ3v) is 5.22. The number of hydrogen-bond acceptors (Lipinski definition) is 3. The fourth-order valence-corrected chi connectivity index (χ4v) is 3.79. The number of benzene rings is 1. The predicted octanol–water partition coefficient (Wildman–Crippen LogP) is 2.73. The van der Waals surface area contributed by atoms with Crippen LogP contribution in [0, 0.1) is 0 Å². The molecule has 0 fully saturated rings. The minimum absolute atomic E-state index is 0.0345. The molecule has 2 amide bonds. The first kappa shape index (κ1) is 18.5. The van der Waals surface area contributed by atoms with Gasteiger partial charge in [0, 0.05) is 37.9 Å². The van der Waals surface area contributed by atoms with E-state index in [4.69, 9.17) is 0 Å². The molecule has 1 aromatic carbocycles. The lowest BCUT2D eigenvalue weighted by molar-refractivity contribution is -0.185. The Bertz CT molecular complexity index is 943. The van der Waals surface area contributed by atoms with Crippen LogP contribution in [-0.2, 0) is 30.7 Å². The van der Waals surface area contributed by atoms with E-state index < -0.39 is 12.1 Å². The van der Waals surface area contributed by atoms with Crippen LogP contribution < -0.4 is 0 Å². The predicted molar refractivity (Wildman–Crippen MR) is 94.3 cm³/mol. The first-order valence-electron chi connectivity index (χ1n) is 9.03. The SMILES string of the molecule is O=C1c2ncccc2CN1Cc1ccc2c(c1)CCN(C(=O)C(F)(F)F)CC2. The van der Waals surface area contributed by atoms with Gasteiger partial charge in [-0.25, -0.2) is 0 Å². The minimum atomic E-state index is -4.85. The maximum absolute atomic E-state index is 12.7. The molecule has 0 saturated heterocycles. The van der Waals surface area contributed by atoms with Gasteiger partial charge in [0.2, 0.25) is 0 Å². The summed E-state index contributed by atoms with van der Waals surface area (Å²) in [7, 11) is 0. The van der Waals surface area contributed by atoms with Crippen LogP contribution in [0.5, 0.6) is 0 Å². The number of alkyl halides is 3. The minimum Gasteiger partial charge on any atom is -0.334 e. The van der Waals surface area contributed by atoms with Crippen LogP contribution in [0.4, 0.5) is 13.2 Å². The fraction of sp³-hybridized carbons (Fsp3) is 0.350. The molecule has 0 spiro atoms. The molecule has 8 heteroatoms. The quantitative estimate of drug-likeness (QED) is 0.794. The van der Waals surface area contributed by atoms with Crippen LogP contribution in [0.1, 0.15) is 32.7 Å². The summed E-state index contributed by atoms with van der Waals surface area (Å²) in [6, 6.07) is 9.39. The van der Waals surface area contributed by atoms with E-state index in [0.29, 0.717) is 31.6 Å². The Morgan fingerprint density at radius 3 is 2.54 bits per heavy atom. The lowest BCUT2D eigenvalue weighted by Crippen LogP contribution is -2.42. The van der Waals surface area contributed by atoms with Crippen molar-refractivity contribution >= 4 is 11.8 Å². The van der Waals surface area contributed by atoms with E-state index in [1.165, 1.54) is 0 Å². The number of aromatic nitrogens is 1. The van der Waals surface area contributed by atoms with Crippen LogP contribution in [0.2, 0.25) is 0 Å². The Morgan fingerprint density at radius 2 is 1.82 bits per heavy atom. The molecule has 5 nitrogen and oxygen atoms in total. The van der Waals surface area contributed by atoms with E-state index in [0.717, 1.165) is 27.2 Å². The smallest absolute Gasteiger partial charge is 0.334 e. The second kappa shape index (κ2) is 6.92. The maximum atomic E-state index is 12.7. The van der Waals surface area contributed by atoms with Crippen LogP contribution >= 0.6 is 0 Å². The summed E-state index contributed by atoms with van der Waals surface area (Å²) >= 11 is 0. The van der Waals surface area contributed by atoms with Gasteiger partial charge in [0.15, 0.2) is 0 Å². The highest BCUT2D eigenvalue weighted by Gasteiger charge is 2.42. The molecule has 0 bridgehead atoms. The number of nitrogens with zero attached hydrogens (tertiary/aromatic N) is 3. The molecule has 0 N–H and O–H groups in total. The number of hydrogen-bond donors (Lipinski definition) is 0. The summed E-state index contributed by atoms with van der Waals surface area (Å²) in [5.74, 6) is -1.90. The number of fused-ring (bicyclic) bond motifs is 2. The Hall–Kier alpha value is -2.90. The van der Waals surface area contributed by atoms with Gasteiger partial charge in [0.25, 0.3) is 5.91 Å². The van der Waals surface area contributed by atoms with E-state index >= 15 is 0 Å². The Balaban J connectivity index is 1.47. The lowest BCUT2D eigenvalue weighted by atomic mass is 10.00. The lowest BCUT2D eigenvalue weighted by Gasteiger charge is -2.21. The normalized spacial score (nSPS) is 16.6. The molecular weight excluding hydrogens is 371 g/mol. The number of carbonyl (C=O) groups excluding carboxylic acids is 2. The van der Waals surface area contributed by atoms with Gasteiger partial charge < -0.3 is 9.80 Å². The van der Waals surface area contributed by atoms with E-state index in [1.54, 1.807) is 17.2 Å². The monoisotopic (exact) mass is 389 g/mol. The van der Waals surface area contributed by atoms with Gasteiger partial charge in [-0.2, -0.15) is 13.2 Å². The summed E-state index contributed by atoms with van der Waals surface area (Å²) in [5.41, 5.74) is 4.15. The average molecular weight is 389 g/mol. The second-order valence-corrected chi connectivity index (χ2v) is 7.07. The van der Waals surface area contributed by atoms with E-state index in [9.17, 15) is 22.8 Å². The molecule has 0 saturated carbocycles. The van der Waals surface area contributed by atoms with Gasteiger partial charge in [-0.15, -0.1) is 0 Å². The molecule has 2 aliphatic rings. The molecule has 0 unspecified atom stereocenters. The van der Waals surface area contributed by atoms with Gasteiger partial charge in [-0.3, -0.25) is 14.6 Å². The molecule has 1 aromatic heterocycles. The molecule has 2 aromatic rings. The Morgan fingerprint density at radius 1 is 1.07 bits per heavy atom. The van der Waals surface area contributed by atoms with Crippen molar-refractivity contribution in [2.75, 3.05) is 13.1 Å². The molecule has 3 heterocycles. The van der Waals surface area contributed by atoms with Crippen molar-refractivity contribution in [2.45, 2.75) is 32.1 Å². The maximum Gasteiger partial charge on any atom is 0.471 e. The fourth-order valence-electron chi connectivity index (χ4n) is 3.79. The van der Waals surface area contributed by atoms with E-state index in [1.807, 2.05) is 24.3 Å². The largest absolute Gasteiger partial charge is 0.471 e. The molecule has 4 rings (SSSR count). The average Bonchev–Trinajstić information content (AvgIpc) is 2.84. The molecule has 0 aliphatic carbocycles. The topological polar surface area (TPSA) is 53.5 Å². The number of halogens is 3. The van der Waals surface area contributed by atoms with Crippen LogP contribution in [-0.4, -0.2) is 45.9 Å². The summed E-state index contributed by atoms with van der Waals surface area (Å²) < 4.78 is 38.1. The third-order valence-electron chi connectivity index (χ3n) is 5.22. The van der Waals surface area contributed by atoms with Gasteiger partial charge in [0.05, 0.1) is 0 Å². The molecule has 28 heavy (non-hydrogen) atoms. The van der Waals surface area contributed by atoms with Crippen molar-refractivity contribution in [1.29, 1.82) is 0 Å². The first-order chi connectivity index (χ1) is 13.3. The molecule has 146 valence electrons. The van der Waals surface area contributed by atoms with Crippen molar-refractivity contribution in [1.82, 2.24) is 14.8 Å². The molecular formula is C20H18F3N3O2. The van der Waals surface area contributed by atoms with Crippen LogP contribution in [0.25, 0.3) is 0 Å². The standard InChI is InChI=1S/C20H18F3N3O2/c21-20(22,23)19(28)25-8-5-14-4-3-13(10-15(14)6-9-25)11-26-12-16-2-1-7-24-17(16)18(26)27/h1-4,7,10H,5-6,8-9,11-12H2. The van der Waals surface area contributed by atoms with Crippen LogP contribution in [0.15, 0.2) is 36.5 Å². The van der Waals surface area contributed by atoms with Crippen molar-refractivity contribution < 1.29 is 22.8 Å². The molecule has 2 aliphatic heterocycles. The first-order valence-corrected chi connectivity index (χ1v) is 9.03. The number of rotatable bonds is 2.